The van der Waals surface area contributed by atoms with Crippen molar-refractivity contribution in [1.82, 2.24) is 19.9 Å². The SMILES string of the molecule is NC1(c2noc(-c3cc(C4CC4)nn3-c3ccccc3)n2)CCC1. The van der Waals surface area contributed by atoms with E-state index in [9.17, 15) is 0 Å². The minimum Gasteiger partial charge on any atom is -0.332 e. The first-order valence-corrected chi connectivity index (χ1v) is 8.52. The molecule has 0 unspecified atom stereocenters. The second-order valence-electron chi connectivity index (χ2n) is 6.91. The maximum Gasteiger partial charge on any atom is 0.276 e. The molecule has 2 aliphatic carbocycles. The van der Waals surface area contributed by atoms with E-state index in [-0.39, 0.29) is 0 Å². The lowest BCUT2D eigenvalue weighted by atomic mass is 9.77. The van der Waals surface area contributed by atoms with E-state index in [4.69, 9.17) is 15.4 Å². The summed E-state index contributed by atoms with van der Waals surface area (Å²) in [7, 11) is 0. The van der Waals surface area contributed by atoms with Gasteiger partial charge >= 0.3 is 0 Å². The smallest absolute Gasteiger partial charge is 0.276 e. The average molecular weight is 321 g/mol. The topological polar surface area (TPSA) is 82.8 Å². The second-order valence-corrected chi connectivity index (χ2v) is 6.91. The average Bonchev–Trinajstić information content (AvgIpc) is 3.15. The van der Waals surface area contributed by atoms with Crippen molar-refractivity contribution in [1.29, 1.82) is 0 Å². The maximum absolute atomic E-state index is 6.32. The zero-order valence-corrected chi connectivity index (χ0v) is 13.4. The quantitative estimate of drug-likeness (QED) is 0.798. The maximum atomic E-state index is 6.32. The molecule has 0 amide bonds. The largest absolute Gasteiger partial charge is 0.332 e. The molecular formula is C18H19N5O. The second kappa shape index (κ2) is 5.01. The molecule has 0 saturated heterocycles. The minimum atomic E-state index is -0.418. The van der Waals surface area contributed by atoms with Crippen LogP contribution >= 0.6 is 0 Å². The predicted octanol–water partition coefficient (Wildman–Crippen LogP) is 3.14. The molecule has 2 aliphatic rings. The van der Waals surface area contributed by atoms with E-state index >= 15 is 0 Å². The summed E-state index contributed by atoms with van der Waals surface area (Å²) in [6, 6.07) is 12.1. The molecule has 2 aromatic heterocycles. The molecule has 2 N–H and O–H groups in total. The molecular weight excluding hydrogens is 302 g/mol. The van der Waals surface area contributed by atoms with Crippen LogP contribution in [0.15, 0.2) is 40.9 Å². The molecule has 122 valence electrons. The number of rotatable bonds is 4. The Kier molecular flexibility index (Phi) is 2.91. The van der Waals surface area contributed by atoms with Crippen molar-refractivity contribution < 1.29 is 4.52 Å². The van der Waals surface area contributed by atoms with Gasteiger partial charge in [-0.3, -0.25) is 0 Å². The fourth-order valence-electron chi connectivity index (χ4n) is 3.21. The first kappa shape index (κ1) is 13.9. The Morgan fingerprint density at radius 2 is 1.96 bits per heavy atom. The number of para-hydroxylation sites is 1. The van der Waals surface area contributed by atoms with Crippen molar-refractivity contribution in [2.24, 2.45) is 5.73 Å². The number of nitrogens with zero attached hydrogens (tertiary/aromatic N) is 4. The van der Waals surface area contributed by atoms with E-state index in [1.807, 2.05) is 35.0 Å². The van der Waals surface area contributed by atoms with Crippen LogP contribution in [0.2, 0.25) is 0 Å². The zero-order chi connectivity index (χ0) is 16.1. The van der Waals surface area contributed by atoms with Gasteiger partial charge in [0.05, 0.1) is 16.9 Å². The first-order chi connectivity index (χ1) is 11.7. The van der Waals surface area contributed by atoms with Gasteiger partial charge in [-0.1, -0.05) is 23.4 Å². The van der Waals surface area contributed by atoms with Crippen molar-refractivity contribution in [3.63, 3.8) is 0 Å². The van der Waals surface area contributed by atoms with Gasteiger partial charge in [0.25, 0.3) is 5.89 Å². The molecule has 0 bridgehead atoms. The lowest BCUT2D eigenvalue weighted by molar-refractivity contribution is 0.229. The van der Waals surface area contributed by atoms with Crippen LogP contribution in [0, 0.1) is 0 Å². The van der Waals surface area contributed by atoms with Gasteiger partial charge in [-0.25, -0.2) is 4.68 Å². The molecule has 0 spiro atoms. The zero-order valence-electron chi connectivity index (χ0n) is 13.4. The van der Waals surface area contributed by atoms with E-state index in [2.05, 4.69) is 16.2 Å². The van der Waals surface area contributed by atoms with Crippen LogP contribution in [-0.4, -0.2) is 19.9 Å². The summed E-state index contributed by atoms with van der Waals surface area (Å²) >= 11 is 0. The van der Waals surface area contributed by atoms with Gasteiger partial charge in [0, 0.05) is 5.92 Å². The summed E-state index contributed by atoms with van der Waals surface area (Å²) in [6.45, 7) is 0. The fourth-order valence-corrected chi connectivity index (χ4v) is 3.21. The third kappa shape index (κ3) is 2.17. The van der Waals surface area contributed by atoms with Crippen LogP contribution in [0.4, 0.5) is 0 Å². The van der Waals surface area contributed by atoms with Crippen LogP contribution in [0.25, 0.3) is 17.3 Å². The van der Waals surface area contributed by atoms with Crippen LogP contribution in [0.1, 0.15) is 49.5 Å². The Morgan fingerprint density at radius 3 is 2.62 bits per heavy atom. The van der Waals surface area contributed by atoms with Crippen LogP contribution in [0.3, 0.4) is 0 Å². The fraction of sp³-hybridized carbons (Fsp3) is 0.389. The Balaban J connectivity index is 1.59. The van der Waals surface area contributed by atoms with Crippen LogP contribution < -0.4 is 5.73 Å². The summed E-state index contributed by atoms with van der Waals surface area (Å²) in [5.41, 5.74) is 8.83. The molecule has 24 heavy (non-hydrogen) atoms. The summed E-state index contributed by atoms with van der Waals surface area (Å²) in [5.74, 6) is 1.66. The van der Waals surface area contributed by atoms with E-state index in [0.717, 1.165) is 36.3 Å². The van der Waals surface area contributed by atoms with Gasteiger partial charge in [-0.05, 0) is 50.3 Å². The van der Waals surface area contributed by atoms with Crippen molar-refractivity contribution in [3.05, 3.63) is 47.9 Å². The van der Waals surface area contributed by atoms with Gasteiger partial charge < -0.3 is 10.3 Å². The molecule has 0 aliphatic heterocycles. The lowest BCUT2D eigenvalue weighted by Crippen LogP contribution is -2.44. The third-order valence-corrected chi connectivity index (χ3v) is 5.06. The molecule has 1 aromatic carbocycles. The van der Waals surface area contributed by atoms with Gasteiger partial charge in [0.2, 0.25) is 0 Å². The predicted molar refractivity (Wildman–Crippen MR) is 88.5 cm³/mol. The molecule has 0 radical (unpaired) electrons. The number of aromatic nitrogens is 4. The number of benzene rings is 1. The van der Waals surface area contributed by atoms with Gasteiger partial charge in [0.1, 0.15) is 5.69 Å². The van der Waals surface area contributed by atoms with Crippen LogP contribution in [0.5, 0.6) is 0 Å². The molecule has 3 aromatic rings. The molecule has 2 fully saturated rings. The standard InChI is InChI=1S/C18H19N5O/c19-18(9-4-10-18)17-20-16(24-22-17)15-11-14(12-7-8-12)21-23(15)13-5-2-1-3-6-13/h1-3,5-6,11-12H,4,7-10,19H2. The third-order valence-electron chi connectivity index (χ3n) is 5.06. The summed E-state index contributed by atoms with van der Waals surface area (Å²) in [4.78, 5) is 4.59. The normalized spacial score (nSPS) is 19.2. The van der Waals surface area contributed by atoms with Crippen molar-refractivity contribution >= 4 is 0 Å². The van der Waals surface area contributed by atoms with Gasteiger partial charge in [0.15, 0.2) is 5.82 Å². The highest BCUT2D eigenvalue weighted by Crippen LogP contribution is 2.41. The van der Waals surface area contributed by atoms with Crippen molar-refractivity contribution in [2.75, 3.05) is 0 Å². The number of nitrogens with two attached hydrogens (primary N) is 1. The van der Waals surface area contributed by atoms with Gasteiger partial charge in [-0.2, -0.15) is 10.1 Å². The first-order valence-electron chi connectivity index (χ1n) is 8.52. The summed E-state index contributed by atoms with van der Waals surface area (Å²) in [6.07, 6.45) is 5.35. The number of hydrogen-bond donors (Lipinski definition) is 1. The van der Waals surface area contributed by atoms with E-state index in [1.54, 1.807) is 0 Å². The molecule has 2 heterocycles. The highest BCUT2D eigenvalue weighted by atomic mass is 16.5. The Hall–Kier alpha value is -2.47. The monoisotopic (exact) mass is 321 g/mol. The molecule has 5 rings (SSSR count). The summed E-state index contributed by atoms with van der Waals surface area (Å²) in [5, 5.41) is 8.92. The van der Waals surface area contributed by atoms with Gasteiger partial charge in [-0.15, -0.1) is 0 Å². The van der Waals surface area contributed by atoms with E-state index in [0.29, 0.717) is 17.6 Å². The highest BCUT2D eigenvalue weighted by molar-refractivity contribution is 5.54. The molecule has 0 atom stereocenters. The van der Waals surface area contributed by atoms with E-state index < -0.39 is 5.54 Å². The van der Waals surface area contributed by atoms with Crippen LogP contribution in [-0.2, 0) is 5.54 Å². The lowest BCUT2D eigenvalue weighted by Gasteiger charge is -2.34. The Labute approximate surface area is 139 Å². The Morgan fingerprint density at radius 1 is 1.17 bits per heavy atom. The molecule has 2 saturated carbocycles. The summed E-state index contributed by atoms with van der Waals surface area (Å²) < 4.78 is 7.44. The minimum absolute atomic E-state index is 0.418. The number of hydrogen-bond acceptors (Lipinski definition) is 5. The van der Waals surface area contributed by atoms with Crippen molar-refractivity contribution in [2.45, 2.75) is 43.6 Å². The Bertz CT molecular complexity index is 874. The highest BCUT2D eigenvalue weighted by Gasteiger charge is 2.39. The van der Waals surface area contributed by atoms with Crippen molar-refractivity contribution in [3.8, 4) is 17.3 Å². The molecule has 6 nitrogen and oxygen atoms in total. The molecule has 6 heteroatoms. The van der Waals surface area contributed by atoms with E-state index in [1.165, 1.54) is 12.8 Å².